The second kappa shape index (κ2) is 9.20. The molecule has 1 saturated heterocycles. The van der Waals surface area contributed by atoms with Gasteiger partial charge in [0, 0.05) is 104 Å². The quantitative estimate of drug-likeness (QED) is 0.353. The van der Waals surface area contributed by atoms with Crippen molar-refractivity contribution in [1.82, 2.24) is 14.5 Å². The van der Waals surface area contributed by atoms with Crippen LogP contribution in [0, 0.1) is 91.7 Å². The SMILES string of the molecule is OC[C@@H]1CC(O)[C@H](n2cc(I)c3c(Cl)ncnc32)O1.[Ac].[Ac]. The fraction of sp³-hybridized carbons (Fsp3) is 0.455. The van der Waals surface area contributed by atoms with E-state index in [1.165, 1.54) is 6.33 Å². The van der Waals surface area contributed by atoms with Gasteiger partial charge in [-0.2, -0.15) is 0 Å². The Kier molecular flexibility index (Phi) is 9.39. The Morgan fingerprint density at radius 2 is 2.14 bits per heavy atom. The number of nitrogens with zero attached hydrogens (tertiary/aromatic N) is 3. The van der Waals surface area contributed by atoms with Crippen molar-refractivity contribution in [1.29, 1.82) is 0 Å². The molecule has 2 N–H and O–H groups in total. The standard InChI is InChI=1S/C11H11ClIN3O3.2Ac/c12-9-8-6(13)2-16(10(8)15-4-14-9)11-7(18)1-5(3-17)19-11;;/h2,4-5,7,11,17-18H,1,3H2;;/t5-,7?,11+;;/m0../s1. The molecule has 10 heteroatoms. The zero-order valence-corrected chi connectivity index (χ0v) is 23.3. The number of aromatic nitrogens is 3. The van der Waals surface area contributed by atoms with Crippen LogP contribution in [0.5, 0.6) is 0 Å². The molecule has 108 valence electrons. The van der Waals surface area contributed by atoms with Crippen LogP contribution in [0.25, 0.3) is 11.0 Å². The molecule has 0 amide bonds. The smallest absolute Gasteiger partial charge is 0.161 e. The third-order valence-corrected chi connectivity index (χ3v) is 4.26. The van der Waals surface area contributed by atoms with Gasteiger partial charge in [-0.15, -0.1) is 0 Å². The summed E-state index contributed by atoms with van der Waals surface area (Å²) in [6, 6.07) is 0. The molecule has 3 rings (SSSR count). The first-order valence-corrected chi connectivity index (χ1v) is 7.18. The molecular weight excluding hydrogens is 838 g/mol. The molecule has 1 unspecified atom stereocenters. The number of hydrogen-bond donors (Lipinski definition) is 2. The Morgan fingerprint density at radius 3 is 2.76 bits per heavy atom. The Balaban J connectivity index is 0.00000110. The fourth-order valence-corrected chi connectivity index (χ4v) is 3.48. The third kappa shape index (κ3) is 4.33. The Morgan fingerprint density at radius 1 is 1.43 bits per heavy atom. The summed E-state index contributed by atoms with van der Waals surface area (Å²) in [6.45, 7) is -0.112. The number of ether oxygens (including phenoxy) is 1. The van der Waals surface area contributed by atoms with Gasteiger partial charge in [-0.3, -0.25) is 0 Å². The van der Waals surface area contributed by atoms with Crippen molar-refractivity contribution in [3.05, 3.63) is 21.2 Å². The number of rotatable bonds is 2. The number of aliphatic hydroxyl groups excluding tert-OH is 2. The van der Waals surface area contributed by atoms with Crippen molar-refractivity contribution in [3.63, 3.8) is 0 Å². The molecule has 1 fully saturated rings. The molecule has 2 aromatic heterocycles. The van der Waals surface area contributed by atoms with Crippen LogP contribution in [0.4, 0.5) is 0 Å². The Hall–Kier alpha value is 2.40. The number of halogens is 2. The van der Waals surface area contributed by atoms with Gasteiger partial charge >= 0.3 is 0 Å². The molecule has 2 radical (unpaired) electrons. The average Bonchev–Trinajstić information content (AvgIpc) is 2.91. The molecule has 3 heterocycles. The maximum absolute atomic E-state index is 10.0. The Bertz CT molecular complexity index is 630. The van der Waals surface area contributed by atoms with E-state index < -0.39 is 12.3 Å². The second-order valence-electron chi connectivity index (χ2n) is 4.38. The molecule has 1 aliphatic rings. The van der Waals surface area contributed by atoms with Gasteiger partial charge in [0.25, 0.3) is 0 Å². The molecule has 1 aliphatic heterocycles. The molecule has 0 saturated carbocycles. The maximum Gasteiger partial charge on any atom is 0.161 e. The van der Waals surface area contributed by atoms with Crippen molar-refractivity contribution in [2.45, 2.75) is 24.9 Å². The number of hydrogen-bond acceptors (Lipinski definition) is 5. The van der Waals surface area contributed by atoms with Crippen molar-refractivity contribution >= 4 is 45.2 Å². The monoisotopic (exact) mass is 849 g/mol. The van der Waals surface area contributed by atoms with Crippen LogP contribution >= 0.6 is 34.2 Å². The minimum absolute atomic E-state index is 0. The summed E-state index contributed by atoms with van der Waals surface area (Å²) in [5, 5.41) is 20.3. The summed E-state index contributed by atoms with van der Waals surface area (Å²) in [5.41, 5.74) is 0.618. The molecule has 3 atom stereocenters. The average molecular weight is 850 g/mol. The van der Waals surface area contributed by atoms with E-state index in [2.05, 4.69) is 32.6 Å². The van der Waals surface area contributed by atoms with Crippen molar-refractivity contribution in [2.75, 3.05) is 6.61 Å². The van der Waals surface area contributed by atoms with Gasteiger partial charge in [0.15, 0.2) is 6.23 Å². The van der Waals surface area contributed by atoms with Gasteiger partial charge in [-0.05, 0) is 22.6 Å². The molecule has 0 bridgehead atoms. The predicted octanol–water partition coefficient (Wildman–Crippen LogP) is 1.33. The van der Waals surface area contributed by atoms with Gasteiger partial charge in [0.1, 0.15) is 23.2 Å². The summed E-state index contributed by atoms with van der Waals surface area (Å²) in [5.74, 6) is 0. The van der Waals surface area contributed by atoms with E-state index >= 15 is 0 Å². The number of fused-ring (bicyclic) bond motifs is 1. The molecular formula is C11H11Ac2ClIN3O3. The van der Waals surface area contributed by atoms with Crippen LogP contribution in [0.3, 0.4) is 0 Å². The van der Waals surface area contributed by atoms with E-state index in [1.54, 1.807) is 4.57 Å². The van der Waals surface area contributed by atoms with E-state index in [0.717, 1.165) is 8.96 Å². The summed E-state index contributed by atoms with van der Waals surface area (Å²) in [7, 11) is 0. The number of aliphatic hydroxyl groups is 2. The molecule has 21 heavy (non-hydrogen) atoms. The molecule has 0 spiro atoms. The van der Waals surface area contributed by atoms with E-state index in [4.69, 9.17) is 21.4 Å². The minimum atomic E-state index is -0.683. The molecule has 0 aromatic carbocycles. The zero-order chi connectivity index (χ0) is 13.6. The zero-order valence-electron chi connectivity index (χ0n) is 10.9. The van der Waals surface area contributed by atoms with Crippen LogP contribution in [-0.4, -0.2) is 43.6 Å². The van der Waals surface area contributed by atoms with Crippen LogP contribution < -0.4 is 0 Å². The van der Waals surface area contributed by atoms with E-state index in [0.29, 0.717) is 17.2 Å². The summed E-state index contributed by atoms with van der Waals surface area (Å²) in [4.78, 5) is 8.15. The Labute approximate surface area is 211 Å². The minimum Gasteiger partial charge on any atom is -0.394 e. The third-order valence-electron chi connectivity index (χ3n) is 3.16. The summed E-state index contributed by atoms with van der Waals surface area (Å²) >= 11 is 8.20. The topological polar surface area (TPSA) is 80.4 Å². The summed E-state index contributed by atoms with van der Waals surface area (Å²) < 4.78 is 8.26. The van der Waals surface area contributed by atoms with Gasteiger partial charge in [-0.1, -0.05) is 11.6 Å². The van der Waals surface area contributed by atoms with Crippen LogP contribution in [0.15, 0.2) is 12.5 Å². The molecule has 0 aliphatic carbocycles. The van der Waals surface area contributed by atoms with Crippen LogP contribution in [0.1, 0.15) is 12.6 Å². The first-order chi connectivity index (χ1) is 9.11. The second-order valence-corrected chi connectivity index (χ2v) is 5.90. The van der Waals surface area contributed by atoms with Crippen molar-refractivity contribution < 1.29 is 103 Å². The van der Waals surface area contributed by atoms with Crippen molar-refractivity contribution in [3.8, 4) is 0 Å². The van der Waals surface area contributed by atoms with E-state index in [9.17, 15) is 5.11 Å². The fourth-order valence-electron chi connectivity index (χ4n) is 2.30. The largest absolute Gasteiger partial charge is 0.394 e. The van der Waals surface area contributed by atoms with Gasteiger partial charge < -0.3 is 19.5 Å². The summed E-state index contributed by atoms with van der Waals surface area (Å²) in [6.07, 6.45) is 2.00. The normalized spacial score (nSPS) is 24.7. The van der Waals surface area contributed by atoms with E-state index in [1.807, 2.05) is 6.20 Å². The van der Waals surface area contributed by atoms with Gasteiger partial charge in [0.05, 0.1) is 18.1 Å². The van der Waals surface area contributed by atoms with Crippen LogP contribution in [-0.2, 0) is 4.74 Å². The first kappa shape index (κ1) is 21.4. The van der Waals surface area contributed by atoms with Crippen molar-refractivity contribution in [2.24, 2.45) is 0 Å². The first-order valence-electron chi connectivity index (χ1n) is 5.72. The van der Waals surface area contributed by atoms with Crippen LogP contribution in [0.2, 0.25) is 5.15 Å². The van der Waals surface area contributed by atoms with E-state index in [-0.39, 0.29) is 101 Å². The van der Waals surface area contributed by atoms with Gasteiger partial charge in [-0.25, -0.2) is 9.97 Å². The molecule has 6 nitrogen and oxygen atoms in total. The maximum atomic E-state index is 10.0. The predicted molar refractivity (Wildman–Crippen MR) is 76.9 cm³/mol. The van der Waals surface area contributed by atoms with Gasteiger partial charge in [0.2, 0.25) is 0 Å². The molecule has 2 aromatic rings.